The third-order valence-corrected chi connectivity index (χ3v) is 12.2. The molecule has 222 valence electrons. The summed E-state index contributed by atoms with van der Waals surface area (Å²) in [7, 11) is 0. The van der Waals surface area contributed by atoms with Crippen molar-refractivity contribution in [3.05, 3.63) is 93.5 Å². The Morgan fingerprint density at radius 1 is 0.595 bits per heavy atom. The van der Waals surface area contributed by atoms with E-state index in [0.29, 0.717) is 47.0 Å². The summed E-state index contributed by atoms with van der Waals surface area (Å²) in [6.07, 6.45) is 16.4. The molecule has 0 amide bonds. The molecule has 2 heteroatoms. The Kier molecular flexibility index (Phi) is 7.84. The number of phenols is 2. The van der Waals surface area contributed by atoms with Gasteiger partial charge in [-0.15, -0.1) is 0 Å². The zero-order chi connectivity index (χ0) is 28.8. The van der Waals surface area contributed by atoms with Crippen LogP contribution in [-0.4, -0.2) is 10.2 Å². The summed E-state index contributed by atoms with van der Waals surface area (Å²) in [6, 6.07) is 20.3. The summed E-state index contributed by atoms with van der Waals surface area (Å²) >= 11 is 0. The van der Waals surface area contributed by atoms with Crippen LogP contribution in [0.4, 0.5) is 0 Å². The van der Waals surface area contributed by atoms with E-state index in [-0.39, 0.29) is 0 Å². The predicted octanol–water partition coefficient (Wildman–Crippen LogP) is 10.8. The standard InChI is InChI=1S/C40H50O2/c1-25-18-38(41)35(28-14-8-4-9-15-28)23-32(25)40(33-24-36(39(42)19-26(33)2)29-16-10-5-11-17-29)37-22-30-20-31(37)21-34(30)27-12-6-3-7-13-27/h3,6-7,12-13,18-19,23-24,28-31,34,37,40-42H,4-5,8-11,14-17,20-22H2,1-2H3. The van der Waals surface area contributed by atoms with Crippen molar-refractivity contribution < 1.29 is 10.2 Å². The third-order valence-electron chi connectivity index (χ3n) is 12.2. The first-order valence-corrected chi connectivity index (χ1v) is 17.2. The highest BCUT2D eigenvalue weighted by Gasteiger charge is 2.49. The molecule has 0 heterocycles. The van der Waals surface area contributed by atoms with Crippen LogP contribution in [0.25, 0.3) is 0 Å². The lowest BCUT2D eigenvalue weighted by atomic mass is 9.67. The molecule has 0 spiro atoms. The van der Waals surface area contributed by atoms with Gasteiger partial charge in [-0.25, -0.2) is 0 Å². The maximum Gasteiger partial charge on any atom is 0.119 e. The predicted molar refractivity (Wildman–Crippen MR) is 173 cm³/mol. The first-order chi connectivity index (χ1) is 20.5. The Morgan fingerprint density at radius 2 is 1.12 bits per heavy atom. The van der Waals surface area contributed by atoms with Gasteiger partial charge in [0.25, 0.3) is 0 Å². The van der Waals surface area contributed by atoms with Crippen LogP contribution in [0.2, 0.25) is 0 Å². The van der Waals surface area contributed by atoms with Gasteiger partial charge in [-0.1, -0.05) is 81.0 Å². The van der Waals surface area contributed by atoms with E-state index in [0.717, 1.165) is 5.92 Å². The summed E-state index contributed by atoms with van der Waals surface area (Å²) in [5.74, 6) is 5.00. The molecule has 2 nitrogen and oxygen atoms in total. The lowest BCUT2D eigenvalue weighted by Gasteiger charge is -2.37. The highest BCUT2D eigenvalue weighted by Crippen LogP contribution is 2.61. The topological polar surface area (TPSA) is 40.5 Å². The molecular formula is C40H50O2. The van der Waals surface area contributed by atoms with Crippen LogP contribution < -0.4 is 0 Å². The molecule has 42 heavy (non-hydrogen) atoms. The Morgan fingerprint density at radius 3 is 1.60 bits per heavy atom. The molecule has 2 bridgehead atoms. The van der Waals surface area contributed by atoms with Gasteiger partial charge in [0.1, 0.15) is 11.5 Å². The number of fused-ring (bicyclic) bond motifs is 2. The molecule has 3 aromatic carbocycles. The molecule has 4 aliphatic carbocycles. The fraction of sp³-hybridized carbons (Fsp3) is 0.550. The average molecular weight is 563 g/mol. The van der Waals surface area contributed by atoms with E-state index in [1.54, 1.807) is 0 Å². The van der Waals surface area contributed by atoms with Gasteiger partial charge in [0.15, 0.2) is 0 Å². The molecule has 4 saturated carbocycles. The van der Waals surface area contributed by atoms with E-state index in [2.05, 4.69) is 68.4 Å². The van der Waals surface area contributed by atoms with Gasteiger partial charge in [-0.2, -0.15) is 0 Å². The van der Waals surface area contributed by atoms with Crippen molar-refractivity contribution in [2.24, 2.45) is 17.8 Å². The van der Waals surface area contributed by atoms with E-state index < -0.39 is 0 Å². The van der Waals surface area contributed by atoms with E-state index in [1.165, 1.54) is 122 Å². The highest BCUT2D eigenvalue weighted by molar-refractivity contribution is 5.52. The number of hydrogen-bond donors (Lipinski definition) is 2. The minimum absolute atomic E-state index is 0.308. The SMILES string of the molecule is Cc1cc(O)c(C2CCCCC2)cc1C(c1cc(C2CCCCC2)c(O)cc1C)C1CC2CC1CC2c1ccccc1. The normalized spacial score (nSPS) is 26.7. The number of hydrogen-bond acceptors (Lipinski definition) is 2. The Hall–Kier alpha value is -2.74. The molecule has 0 aromatic heterocycles. The van der Waals surface area contributed by atoms with Gasteiger partial charge in [-0.3, -0.25) is 0 Å². The molecule has 0 saturated heterocycles. The van der Waals surface area contributed by atoms with Crippen molar-refractivity contribution in [1.82, 2.24) is 0 Å². The van der Waals surface area contributed by atoms with Gasteiger partial charge < -0.3 is 10.2 Å². The minimum atomic E-state index is 0.308. The van der Waals surface area contributed by atoms with Crippen molar-refractivity contribution in [2.75, 3.05) is 0 Å². The Bertz CT molecular complexity index is 1320. The Balaban J connectivity index is 1.32. The Labute approximate surface area is 253 Å². The largest absolute Gasteiger partial charge is 0.508 e. The summed E-state index contributed by atoms with van der Waals surface area (Å²) in [5, 5.41) is 22.4. The number of aromatic hydroxyl groups is 2. The molecule has 7 rings (SSSR count). The van der Waals surface area contributed by atoms with Gasteiger partial charge >= 0.3 is 0 Å². The fourth-order valence-corrected chi connectivity index (χ4v) is 10.1. The molecule has 0 aliphatic heterocycles. The van der Waals surface area contributed by atoms with Crippen LogP contribution in [0.5, 0.6) is 11.5 Å². The quantitative estimate of drug-likeness (QED) is 0.314. The van der Waals surface area contributed by atoms with E-state index in [9.17, 15) is 10.2 Å². The molecule has 3 aromatic rings. The van der Waals surface area contributed by atoms with Crippen molar-refractivity contribution in [3.63, 3.8) is 0 Å². The van der Waals surface area contributed by atoms with Crippen molar-refractivity contribution in [1.29, 1.82) is 0 Å². The third kappa shape index (κ3) is 5.18. The molecular weight excluding hydrogens is 512 g/mol. The number of aryl methyl sites for hydroxylation is 2. The maximum atomic E-state index is 11.2. The maximum absolute atomic E-state index is 11.2. The lowest BCUT2D eigenvalue weighted by molar-refractivity contribution is 0.278. The molecule has 0 radical (unpaired) electrons. The van der Waals surface area contributed by atoms with Crippen LogP contribution in [-0.2, 0) is 0 Å². The minimum Gasteiger partial charge on any atom is -0.508 e. The zero-order valence-electron chi connectivity index (χ0n) is 25.8. The molecule has 4 unspecified atom stereocenters. The van der Waals surface area contributed by atoms with Crippen molar-refractivity contribution in [3.8, 4) is 11.5 Å². The molecule has 4 fully saturated rings. The van der Waals surface area contributed by atoms with Gasteiger partial charge in [-0.05, 0) is 145 Å². The van der Waals surface area contributed by atoms with Crippen LogP contribution in [0.15, 0.2) is 54.6 Å². The van der Waals surface area contributed by atoms with Crippen molar-refractivity contribution >= 4 is 0 Å². The molecule has 4 atom stereocenters. The second-order valence-electron chi connectivity index (χ2n) is 14.6. The summed E-state index contributed by atoms with van der Waals surface area (Å²) in [4.78, 5) is 0. The lowest BCUT2D eigenvalue weighted by Crippen LogP contribution is -2.25. The fourth-order valence-electron chi connectivity index (χ4n) is 10.1. The van der Waals surface area contributed by atoms with Crippen LogP contribution >= 0.6 is 0 Å². The second-order valence-corrected chi connectivity index (χ2v) is 14.6. The summed E-state index contributed by atoms with van der Waals surface area (Å²) in [6.45, 7) is 4.45. The van der Waals surface area contributed by atoms with E-state index in [4.69, 9.17) is 0 Å². The first kappa shape index (κ1) is 28.1. The smallest absolute Gasteiger partial charge is 0.119 e. The summed E-state index contributed by atoms with van der Waals surface area (Å²) < 4.78 is 0. The summed E-state index contributed by atoms with van der Waals surface area (Å²) in [5.41, 5.74) is 9.23. The van der Waals surface area contributed by atoms with Gasteiger partial charge in [0, 0.05) is 5.92 Å². The van der Waals surface area contributed by atoms with E-state index >= 15 is 0 Å². The van der Waals surface area contributed by atoms with E-state index in [1.807, 2.05) is 0 Å². The van der Waals surface area contributed by atoms with Gasteiger partial charge in [0.05, 0.1) is 0 Å². The number of benzene rings is 3. The average Bonchev–Trinajstić information content (AvgIpc) is 3.62. The van der Waals surface area contributed by atoms with Crippen LogP contribution in [0.3, 0.4) is 0 Å². The molecule has 2 N–H and O–H groups in total. The second kappa shape index (κ2) is 11.7. The van der Waals surface area contributed by atoms with Crippen molar-refractivity contribution in [2.45, 2.75) is 121 Å². The van der Waals surface area contributed by atoms with Gasteiger partial charge in [0.2, 0.25) is 0 Å². The number of rotatable bonds is 6. The zero-order valence-corrected chi connectivity index (χ0v) is 25.8. The monoisotopic (exact) mass is 562 g/mol. The first-order valence-electron chi connectivity index (χ1n) is 17.2. The number of phenolic OH excluding ortho intramolecular Hbond substituents is 2. The van der Waals surface area contributed by atoms with Crippen LogP contribution in [0.1, 0.15) is 146 Å². The van der Waals surface area contributed by atoms with Crippen LogP contribution in [0, 0.1) is 31.6 Å². The molecule has 4 aliphatic rings. The highest BCUT2D eigenvalue weighted by atomic mass is 16.3.